The number of aryl methyl sites for hydroxylation is 1. The Bertz CT molecular complexity index is 405. The van der Waals surface area contributed by atoms with E-state index in [1.165, 1.54) is 11.3 Å². The number of rotatable bonds is 1. The zero-order chi connectivity index (χ0) is 11.7. The molecule has 0 aliphatic carbocycles. The topological polar surface area (TPSA) is 24.5 Å². The molecule has 1 N–H and O–H groups in total. The fourth-order valence-electron chi connectivity index (χ4n) is 2.88. The van der Waals surface area contributed by atoms with Crippen LogP contribution in [-0.2, 0) is 6.42 Å². The number of hydrogen-bond acceptors (Lipinski definition) is 3. The molecule has 0 unspecified atom stereocenters. The number of para-hydroxylation sites is 1. The molecule has 1 fully saturated rings. The summed E-state index contributed by atoms with van der Waals surface area (Å²) in [4.78, 5) is 2.53. The largest absolute Gasteiger partial charge is 0.491 e. The van der Waals surface area contributed by atoms with Crippen LogP contribution < -0.4 is 15.0 Å². The molecule has 3 heteroatoms. The summed E-state index contributed by atoms with van der Waals surface area (Å²) in [5.41, 5.74) is 2.63. The van der Waals surface area contributed by atoms with E-state index in [2.05, 4.69) is 35.3 Å². The van der Waals surface area contributed by atoms with Gasteiger partial charge in [-0.2, -0.15) is 0 Å². The molecule has 2 aliphatic rings. The molecule has 0 saturated carbocycles. The van der Waals surface area contributed by atoms with E-state index in [0.717, 1.165) is 44.8 Å². The van der Waals surface area contributed by atoms with Crippen molar-refractivity contribution in [2.45, 2.75) is 25.8 Å². The van der Waals surface area contributed by atoms with E-state index in [1.54, 1.807) is 0 Å². The number of benzene rings is 1. The van der Waals surface area contributed by atoms with E-state index >= 15 is 0 Å². The predicted octanol–water partition coefficient (Wildman–Crippen LogP) is 1.81. The van der Waals surface area contributed by atoms with Crippen molar-refractivity contribution in [3.63, 3.8) is 0 Å². The van der Waals surface area contributed by atoms with Crippen LogP contribution in [0.3, 0.4) is 0 Å². The van der Waals surface area contributed by atoms with Crippen molar-refractivity contribution < 1.29 is 4.74 Å². The van der Waals surface area contributed by atoms with E-state index < -0.39 is 0 Å². The van der Waals surface area contributed by atoms with Gasteiger partial charge in [0.25, 0.3) is 0 Å². The molecule has 3 nitrogen and oxygen atoms in total. The highest BCUT2D eigenvalue weighted by Crippen LogP contribution is 2.36. The molecule has 17 heavy (non-hydrogen) atoms. The maximum Gasteiger partial charge on any atom is 0.145 e. The van der Waals surface area contributed by atoms with Gasteiger partial charge in [-0.1, -0.05) is 19.1 Å². The second-order valence-electron chi connectivity index (χ2n) is 4.81. The highest BCUT2D eigenvalue weighted by atomic mass is 16.5. The number of fused-ring (bicyclic) bond motifs is 3. The Kier molecular flexibility index (Phi) is 2.93. The number of anilines is 1. The van der Waals surface area contributed by atoms with Crippen molar-refractivity contribution in [2.75, 3.05) is 31.1 Å². The molecule has 0 radical (unpaired) electrons. The fourth-order valence-corrected chi connectivity index (χ4v) is 2.88. The number of nitrogens with one attached hydrogen (secondary N) is 1. The summed E-state index contributed by atoms with van der Waals surface area (Å²) in [7, 11) is 0. The highest BCUT2D eigenvalue weighted by Gasteiger charge is 2.28. The Balaban J connectivity index is 2.03. The van der Waals surface area contributed by atoms with Gasteiger partial charge in [0.05, 0.1) is 12.3 Å². The number of ether oxygens (including phenoxy) is 1. The Morgan fingerprint density at radius 1 is 1.47 bits per heavy atom. The van der Waals surface area contributed by atoms with E-state index in [4.69, 9.17) is 4.74 Å². The van der Waals surface area contributed by atoms with Gasteiger partial charge in [0.1, 0.15) is 5.75 Å². The summed E-state index contributed by atoms with van der Waals surface area (Å²) in [5, 5.41) is 3.47. The lowest BCUT2D eigenvalue weighted by Gasteiger charge is -2.36. The zero-order valence-corrected chi connectivity index (χ0v) is 10.4. The van der Waals surface area contributed by atoms with Crippen LogP contribution in [0.2, 0.25) is 0 Å². The molecule has 92 valence electrons. The van der Waals surface area contributed by atoms with E-state index in [-0.39, 0.29) is 0 Å². The first kappa shape index (κ1) is 10.9. The molecule has 1 aromatic carbocycles. The SMILES string of the molecule is CCc1cccc2c1OCC[C@H]1CNCCN21. The van der Waals surface area contributed by atoms with Gasteiger partial charge in [0.15, 0.2) is 0 Å². The van der Waals surface area contributed by atoms with Crippen LogP contribution in [0.5, 0.6) is 5.75 Å². The van der Waals surface area contributed by atoms with Gasteiger partial charge in [-0.3, -0.25) is 0 Å². The minimum absolute atomic E-state index is 0.595. The molecule has 3 rings (SSSR count). The maximum absolute atomic E-state index is 5.99. The molecule has 1 atom stereocenters. The van der Waals surface area contributed by atoms with Gasteiger partial charge < -0.3 is 15.0 Å². The lowest BCUT2D eigenvalue weighted by atomic mass is 10.1. The quantitative estimate of drug-likeness (QED) is 0.799. The van der Waals surface area contributed by atoms with Crippen LogP contribution in [-0.4, -0.2) is 32.3 Å². The Hall–Kier alpha value is -1.22. The standard InChI is InChI=1S/C14H20N2O/c1-2-11-4-3-5-13-14(11)17-9-6-12-10-15-7-8-16(12)13/h3-5,12,15H,2,6-10H2,1H3/t12-/m0/s1. The summed E-state index contributed by atoms with van der Waals surface area (Å²) in [6.07, 6.45) is 2.16. The number of nitrogens with zero attached hydrogens (tertiary/aromatic N) is 1. The Labute approximate surface area is 103 Å². The Morgan fingerprint density at radius 3 is 3.29 bits per heavy atom. The molecule has 2 aliphatic heterocycles. The molecular formula is C14H20N2O. The first-order valence-electron chi connectivity index (χ1n) is 6.62. The zero-order valence-electron chi connectivity index (χ0n) is 10.4. The molecule has 1 aromatic rings. The van der Waals surface area contributed by atoms with Crippen molar-refractivity contribution in [1.82, 2.24) is 5.32 Å². The van der Waals surface area contributed by atoms with Crippen molar-refractivity contribution in [3.05, 3.63) is 23.8 Å². The van der Waals surface area contributed by atoms with Gasteiger partial charge in [0.2, 0.25) is 0 Å². The molecular weight excluding hydrogens is 212 g/mol. The van der Waals surface area contributed by atoms with E-state index in [9.17, 15) is 0 Å². The van der Waals surface area contributed by atoms with E-state index in [0.29, 0.717) is 6.04 Å². The summed E-state index contributed by atoms with van der Waals surface area (Å²) in [5.74, 6) is 1.12. The highest BCUT2D eigenvalue weighted by molar-refractivity contribution is 5.63. The van der Waals surface area contributed by atoms with Gasteiger partial charge in [0, 0.05) is 32.1 Å². The summed E-state index contributed by atoms with van der Waals surface area (Å²) >= 11 is 0. The third-order valence-electron chi connectivity index (χ3n) is 3.81. The molecule has 0 spiro atoms. The van der Waals surface area contributed by atoms with Crippen LogP contribution in [0.25, 0.3) is 0 Å². The fraction of sp³-hybridized carbons (Fsp3) is 0.571. The van der Waals surface area contributed by atoms with Gasteiger partial charge in [-0.05, 0) is 18.1 Å². The monoisotopic (exact) mass is 232 g/mol. The van der Waals surface area contributed by atoms with Gasteiger partial charge >= 0.3 is 0 Å². The summed E-state index contributed by atoms with van der Waals surface area (Å²) in [6.45, 7) is 6.28. The smallest absolute Gasteiger partial charge is 0.145 e. The minimum Gasteiger partial charge on any atom is -0.491 e. The average Bonchev–Trinajstić information content (AvgIpc) is 2.58. The first-order valence-corrected chi connectivity index (χ1v) is 6.62. The van der Waals surface area contributed by atoms with Crippen LogP contribution in [0.15, 0.2) is 18.2 Å². The van der Waals surface area contributed by atoms with Crippen molar-refractivity contribution in [2.24, 2.45) is 0 Å². The minimum atomic E-state index is 0.595. The second kappa shape index (κ2) is 4.57. The van der Waals surface area contributed by atoms with Crippen LogP contribution in [0.1, 0.15) is 18.9 Å². The summed E-state index contributed by atoms with van der Waals surface area (Å²) in [6, 6.07) is 7.14. The molecule has 2 heterocycles. The van der Waals surface area contributed by atoms with Crippen molar-refractivity contribution in [1.29, 1.82) is 0 Å². The van der Waals surface area contributed by atoms with Gasteiger partial charge in [-0.15, -0.1) is 0 Å². The van der Waals surface area contributed by atoms with Crippen LogP contribution in [0.4, 0.5) is 5.69 Å². The van der Waals surface area contributed by atoms with Crippen LogP contribution in [0, 0.1) is 0 Å². The second-order valence-corrected chi connectivity index (χ2v) is 4.81. The lowest BCUT2D eigenvalue weighted by Crippen LogP contribution is -2.51. The third kappa shape index (κ3) is 1.89. The maximum atomic E-state index is 5.99. The third-order valence-corrected chi connectivity index (χ3v) is 3.81. The van der Waals surface area contributed by atoms with Crippen molar-refractivity contribution >= 4 is 5.69 Å². The predicted molar refractivity (Wildman–Crippen MR) is 69.9 cm³/mol. The molecule has 1 saturated heterocycles. The van der Waals surface area contributed by atoms with Gasteiger partial charge in [-0.25, -0.2) is 0 Å². The van der Waals surface area contributed by atoms with Crippen LogP contribution >= 0.6 is 0 Å². The molecule has 0 amide bonds. The summed E-state index contributed by atoms with van der Waals surface area (Å²) < 4.78 is 5.99. The molecule has 0 bridgehead atoms. The Morgan fingerprint density at radius 2 is 2.41 bits per heavy atom. The normalized spacial score (nSPS) is 23.4. The van der Waals surface area contributed by atoms with E-state index in [1.807, 2.05) is 0 Å². The van der Waals surface area contributed by atoms with Crippen molar-refractivity contribution in [3.8, 4) is 5.75 Å². The first-order chi connectivity index (χ1) is 8.40. The number of piperazine rings is 1. The number of hydrogen-bond donors (Lipinski definition) is 1. The molecule has 0 aromatic heterocycles. The lowest BCUT2D eigenvalue weighted by molar-refractivity contribution is 0.301. The average molecular weight is 232 g/mol.